The largest absolute Gasteiger partial charge is 0.388 e. The minimum atomic E-state index is -0.568. The molecule has 0 bridgehead atoms. The Kier molecular flexibility index (Phi) is 4.69. The summed E-state index contributed by atoms with van der Waals surface area (Å²) in [5.41, 5.74) is 0.672. The lowest BCUT2D eigenvalue weighted by Gasteiger charge is -2.35. The van der Waals surface area contributed by atoms with Gasteiger partial charge in [0.2, 0.25) is 0 Å². The smallest absolute Gasteiger partial charge is 0.0817 e. The molecule has 0 atom stereocenters. The predicted molar refractivity (Wildman–Crippen MR) is 70.4 cm³/mol. The molecule has 2 heterocycles. The SMILES string of the molecule is CN(CCc1cccnc1)CC1(O)CCOCC1. The van der Waals surface area contributed by atoms with Crippen LogP contribution in [0.2, 0.25) is 0 Å². The van der Waals surface area contributed by atoms with Crippen LogP contribution in [0, 0.1) is 0 Å². The third-order valence-electron chi connectivity index (χ3n) is 3.49. The molecule has 1 saturated heterocycles. The van der Waals surface area contributed by atoms with Gasteiger partial charge in [-0.25, -0.2) is 0 Å². The van der Waals surface area contributed by atoms with Gasteiger partial charge in [-0.3, -0.25) is 4.98 Å². The van der Waals surface area contributed by atoms with Gasteiger partial charge in [-0.05, 0) is 25.1 Å². The van der Waals surface area contributed by atoms with E-state index < -0.39 is 5.60 Å². The molecule has 2 rings (SSSR count). The van der Waals surface area contributed by atoms with Crippen LogP contribution in [0.4, 0.5) is 0 Å². The van der Waals surface area contributed by atoms with Gasteiger partial charge in [0.25, 0.3) is 0 Å². The number of ether oxygens (including phenoxy) is 1. The molecule has 0 amide bonds. The number of pyridine rings is 1. The van der Waals surface area contributed by atoms with Gasteiger partial charge in [0.05, 0.1) is 5.60 Å². The summed E-state index contributed by atoms with van der Waals surface area (Å²) >= 11 is 0. The van der Waals surface area contributed by atoms with E-state index in [1.165, 1.54) is 5.56 Å². The third-order valence-corrected chi connectivity index (χ3v) is 3.49. The zero-order valence-corrected chi connectivity index (χ0v) is 11.0. The van der Waals surface area contributed by atoms with Crippen molar-refractivity contribution in [3.63, 3.8) is 0 Å². The van der Waals surface area contributed by atoms with Crippen LogP contribution < -0.4 is 0 Å². The molecule has 18 heavy (non-hydrogen) atoms. The molecule has 4 nitrogen and oxygen atoms in total. The molecule has 4 heteroatoms. The molecule has 0 aromatic carbocycles. The number of likely N-dealkylation sites (N-methyl/N-ethyl adjacent to an activating group) is 1. The molecule has 0 radical (unpaired) electrons. The van der Waals surface area contributed by atoms with Crippen molar-refractivity contribution in [3.05, 3.63) is 30.1 Å². The molecule has 1 aromatic rings. The minimum absolute atomic E-state index is 0.568. The first-order valence-electron chi connectivity index (χ1n) is 6.56. The van der Waals surface area contributed by atoms with E-state index in [1.807, 2.05) is 12.3 Å². The number of aliphatic hydroxyl groups is 1. The Morgan fingerprint density at radius 1 is 1.44 bits per heavy atom. The maximum atomic E-state index is 10.4. The van der Waals surface area contributed by atoms with Crippen molar-refractivity contribution in [2.24, 2.45) is 0 Å². The molecule has 1 aliphatic heterocycles. The van der Waals surface area contributed by atoms with Crippen molar-refractivity contribution >= 4 is 0 Å². The first-order chi connectivity index (χ1) is 8.68. The highest BCUT2D eigenvalue weighted by atomic mass is 16.5. The van der Waals surface area contributed by atoms with Gasteiger partial charge < -0.3 is 14.7 Å². The van der Waals surface area contributed by atoms with E-state index in [-0.39, 0.29) is 0 Å². The van der Waals surface area contributed by atoms with Crippen LogP contribution in [0.5, 0.6) is 0 Å². The average Bonchev–Trinajstić information content (AvgIpc) is 2.38. The van der Waals surface area contributed by atoms with Crippen molar-refractivity contribution in [2.45, 2.75) is 24.9 Å². The normalized spacial score (nSPS) is 19.1. The summed E-state index contributed by atoms with van der Waals surface area (Å²) in [5.74, 6) is 0. The number of rotatable bonds is 5. The molecule has 0 saturated carbocycles. The molecule has 0 spiro atoms. The van der Waals surface area contributed by atoms with E-state index in [0.717, 1.165) is 32.4 Å². The molecule has 100 valence electrons. The Morgan fingerprint density at radius 2 is 2.22 bits per heavy atom. The lowest BCUT2D eigenvalue weighted by Crippen LogP contribution is -2.46. The van der Waals surface area contributed by atoms with Gasteiger partial charge in [-0.15, -0.1) is 0 Å². The van der Waals surface area contributed by atoms with E-state index in [1.54, 1.807) is 6.20 Å². The van der Waals surface area contributed by atoms with Crippen molar-refractivity contribution in [1.29, 1.82) is 0 Å². The van der Waals surface area contributed by atoms with Gasteiger partial charge >= 0.3 is 0 Å². The van der Waals surface area contributed by atoms with E-state index in [9.17, 15) is 5.11 Å². The Morgan fingerprint density at radius 3 is 2.89 bits per heavy atom. The second kappa shape index (κ2) is 6.27. The number of hydrogen-bond donors (Lipinski definition) is 1. The van der Waals surface area contributed by atoms with Crippen LogP contribution in [0.1, 0.15) is 18.4 Å². The molecule has 1 fully saturated rings. The highest BCUT2D eigenvalue weighted by Gasteiger charge is 2.30. The third kappa shape index (κ3) is 4.05. The molecular weight excluding hydrogens is 228 g/mol. The monoisotopic (exact) mass is 250 g/mol. The molecule has 0 aliphatic carbocycles. The Labute approximate surface area is 109 Å². The summed E-state index contributed by atoms with van der Waals surface area (Å²) in [6, 6.07) is 4.05. The van der Waals surface area contributed by atoms with E-state index in [2.05, 4.69) is 23.0 Å². The van der Waals surface area contributed by atoms with E-state index in [0.29, 0.717) is 13.2 Å². The minimum Gasteiger partial charge on any atom is -0.388 e. The van der Waals surface area contributed by atoms with Crippen LogP contribution in [0.15, 0.2) is 24.5 Å². The summed E-state index contributed by atoms with van der Waals surface area (Å²) in [4.78, 5) is 6.30. The molecule has 1 aromatic heterocycles. The van der Waals surface area contributed by atoms with Crippen LogP contribution in [-0.4, -0.2) is 53.9 Å². The van der Waals surface area contributed by atoms with Crippen LogP contribution in [-0.2, 0) is 11.2 Å². The molecule has 1 aliphatic rings. The first-order valence-corrected chi connectivity index (χ1v) is 6.56. The lowest BCUT2D eigenvalue weighted by atomic mass is 9.94. The van der Waals surface area contributed by atoms with Crippen LogP contribution in [0.3, 0.4) is 0 Å². The molecular formula is C14H22N2O2. The van der Waals surface area contributed by atoms with Crippen LogP contribution in [0.25, 0.3) is 0 Å². The fraction of sp³-hybridized carbons (Fsp3) is 0.643. The second-order valence-electron chi connectivity index (χ2n) is 5.19. The predicted octanol–water partition coefficient (Wildman–Crippen LogP) is 1.10. The summed E-state index contributed by atoms with van der Waals surface area (Å²) in [6.45, 7) is 3.01. The van der Waals surface area contributed by atoms with Gasteiger partial charge in [0, 0.05) is 51.5 Å². The van der Waals surface area contributed by atoms with E-state index in [4.69, 9.17) is 4.74 Å². The van der Waals surface area contributed by atoms with Crippen molar-refractivity contribution in [1.82, 2.24) is 9.88 Å². The lowest BCUT2D eigenvalue weighted by molar-refractivity contribution is -0.0767. The van der Waals surface area contributed by atoms with Crippen LogP contribution >= 0.6 is 0 Å². The fourth-order valence-corrected chi connectivity index (χ4v) is 2.36. The Hall–Kier alpha value is -0.970. The van der Waals surface area contributed by atoms with Gasteiger partial charge in [-0.2, -0.15) is 0 Å². The van der Waals surface area contributed by atoms with Gasteiger partial charge in [0.1, 0.15) is 0 Å². The Balaban J connectivity index is 1.76. The first kappa shape index (κ1) is 13.5. The van der Waals surface area contributed by atoms with Crippen molar-refractivity contribution < 1.29 is 9.84 Å². The quantitative estimate of drug-likeness (QED) is 0.850. The van der Waals surface area contributed by atoms with Crippen molar-refractivity contribution in [3.8, 4) is 0 Å². The number of hydrogen-bond acceptors (Lipinski definition) is 4. The summed E-state index contributed by atoms with van der Waals surface area (Å²) < 4.78 is 5.29. The summed E-state index contributed by atoms with van der Waals surface area (Å²) in [7, 11) is 2.06. The maximum Gasteiger partial charge on any atom is 0.0817 e. The zero-order chi connectivity index (χ0) is 12.8. The standard InChI is InChI=1S/C14H22N2O2/c1-16(8-4-13-3-2-7-15-11-13)12-14(17)5-9-18-10-6-14/h2-3,7,11,17H,4-6,8-10,12H2,1H3. The van der Waals surface area contributed by atoms with E-state index >= 15 is 0 Å². The molecule has 0 unspecified atom stereocenters. The topological polar surface area (TPSA) is 45.6 Å². The second-order valence-corrected chi connectivity index (χ2v) is 5.19. The summed E-state index contributed by atoms with van der Waals surface area (Å²) in [5, 5.41) is 10.4. The fourth-order valence-electron chi connectivity index (χ4n) is 2.36. The highest BCUT2D eigenvalue weighted by Crippen LogP contribution is 2.21. The number of aromatic nitrogens is 1. The molecule has 1 N–H and O–H groups in total. The highest BCUT2D eigenvalue weighted by molar-refractivity contribution is 5.08. The average molecular weight is 250 g/mol. The maximum absolute atomic E-state index is 10.4. The Bertz CT molecular complexity index is 350. The number of nitrogens with zero attached hydrogens (tertiary/aromatic N) is 2. The summed E-state index contributed by atoms with van der Waals surface area (Å²) in [6.07, 6.45) is 6.14. The van der Waals surface area contributed by atoms with Gasteiger partial charge in [-0.1, -0.05) is 6.07 Å². The van der Waals surface area contributed by atoms with Crippen molar-refractivity contribution in [2.75, 3.05) is 33.4 Å². The zero-order valence-electron chi connectivity index (χ0n) is 11.0. The van der Waals surface area contributed by atoms with Gasteiger partial charge in [0.15, 0.2) is 0 Å².